The summed E-state index contributed by atoms with van der Waals surface area (Å²) in [4.78, 5) is 0.152. The lowest BCUT2D eigenvalue weighted by atomic mass is 10.1. The number of nitrogens with zero attached hydrogens (tertiary/aromatic N) is 1. The number of hydrogen-bond acceptors (Lipinski definition) is 3. The Morgan fingerprint density at radius 1 is 1.50 bits per heavy atom. The van der Waals surface area contributed by atoms with Crippen molar-refractivity contribution in [2.75, 3.05) is 19.6 Å². The third kappa shape index (κ3) is 2.41. The van der Waals surface area contributed by atoms with E-state index < -0.39 is 15.8 Å². The van der Waals surface area contributed by atoms with Crippen molar-refractivity contribution < 1.29 is 12.8 Å². The van der Waals surface area contributed by atoms with Crippen molar-refractivity contribution in [3.63, 3.8) is 0 Å². The van der Waals surface area contributed by atoms with Gasteiger partial charge in [-0.15, -0.1) is 0 Å². The number of sulfonamides is 1. The van der Waals surface area contributed by atoms with Crippen LogP contribution in [0.15, 0.2) is 23.1 Å². The van der Waals surface area contributed by atoms with Gasteiger partial charge in [-0.3, -0.25) is 0 Å². The molecular formula is C12H17FN2O2S. The van der Waals surface area contributed by atoms with Crippen LogP contribution < -0.4 is 5.73 Å². The monoisotopic (exact) mass is 272 g/mol. The summed E-state index contributed by atoms with van der Waals surface area (Å²) in [6.07, 6.45) is 0.788. The van der Waals surface area contributed by atoms with Gasteiger partial charge in [0.25, 0.3) is 0 Å². The highest BCUT2D eigenvalue weighted by molar-refractivity contribution is 7.89. The highest BCUT2D eigenvalue weighted by Gasteiger charge is 2.31. The Hall–Kier alpha value is -0.980. The van der Waals surface area contributed by atoms with E-state index >= 15 is 0 Å². The van der Waals surface area contributed by atoms with Crippen LogP contribution in [0, 0.1) is 18.7 Å². The second-order valence-electron chi connectivity index (χ2n) is 4.66. The molecule has 1 atom stereocenters. The number of aryl methyl sites for hydroxylation is 1. The Labute approximate surface area is 107 Å². The Bertz CT molecular complexity index is 545. The van der Waals surface area contributed by atoms with Gasteiger partial charge >= 0.3 is 0 Å². The average molecular weight is 272 g/mol. The summed E-state index contributed by atoms with van der Waals surface area (Å²) in [6, 6.07) is 3.88. The van der Waals surface area contributed by atoms with Crippen LogP contribution in [0.2, 0.25) is 0 Å². The summed E-state index contributed by atoms with van der Waals surface area (Å²) in [6.45, 7) is 2.99. The fraction of sp³-hybridized carbons (Fsp3) is 0.500. The second-order valence-corrected chi connectivity index (χ2v) is 6.60. The highest BCUT2D eigenvalue weighted by atomic mass is 32.2. The topological polar surface area (TPSA) is 63.4 Å². The normalized spacial score (nSPS) is 21.4. The summed E-state index contributed by atoms with van der Waals surface area (Å²) in [7, 11) is -3.51. The van der Waals surface area contributed by atoms with Crippen LogP contribution in [0.25, 0.3) is 0 Å². The molecule has 0 amide bonds. The minimum atomic E-state index is -3.51. The van der Waals surface area contributed by atoms with Crippen molar-refractivity contribution in [2.45, 2.75) is 18.2 Å². The number of nitrogens with two attached hydrogens (primary N) is 1. The molecule has 1 aromatic carbocycles. The van der Waals surface area contributed by atoms with Gasteiger partial charge in [-0.25, -0.2) is 12.8 Å². The first-order valence-corrected chi connectivity index (χ1v) is 7.35. The molecule has 0 bridgehead atoms. The van der Waals surface area contributed by atoms with Crippen molar-refractivity contribution in [1.82, 2.24) is 4.31 Å². The smallest absolute Gasteiger partial charge is 0.243 e. The van der Waals surface area contributed by atoms with Crippen LogP contribution in [-0.2, 0) is 10.0 Å². The molecular weight excluding hydrogens is 255 g/mol. The number of hydrogen-bond donors (Lipinski definition) is 1. The third-order valence-electron chi connectivity index (χ3n) is 3.35. The molecule has 0 aliphatic carbocycles. The molecule has 0 saturated carbocycles. The lowest BCUT2D eigenvalue weighted by Gasteiger charge is -2.16. The maximum absolute atomic E-state index is 13.2. The predicted octanol–water partition coefficient (Wildman–Crippen LogP) is 1.10. The molecule has 1 saturated heterocycles. The van der Waals surface area contributed by atoms with Gasteiger partial charge in [-0.1, -0.05) is 0 Å². The van der Waals surface area contributed by atoms with E-state index in [0.717, 1.165) is 6.42 Å². The fourth-order valence-corrected chi connectivity index (χ4v) is 3.75. The molecule has 2 N–H and O–H groups in total. The summed E-state index contributed by atoms with van der Waals surface area (Å²) in [5, 5.41) is 0. The van der Waals surface area contributed by atoms with Crippen LogP contribution in [0.1, 0.15) is 12.0 Å². The van der Waals surface area contributed by atoms with E-state index in [1.807, 2.05) is 0 Å². The molecule has 2 rings (SSSR count). The molecule has 0 spiro atoms. The maximum Gasteiger partial charge on any atom is 0.243 e. The number of rotatable bonds is 3. The molecule has 1 aromatic rings. The summed E-state index contributed by atoms with van der Waals surface area (Å²) in [5.74, 6) is -0.170. The molecule has 0 aromatic heterocycles. The van der Waals surface area contributed by atoms with E-state index in [4.69, 9.17) is 5.73 Å². The minimum Gasteiger partial charge on any atom is -0.330 e. The van der Waals surface area contributed by atoms with Crippen LogP contribution in [0.3, 0.4) is 0 Å². The van der Waals surface area contributed by atoms with Crippen molar-refractivity contribution >= 4 is 10.0 Å². The fourth-order valence-electron chi connectivity index (χ4n) is 2.13. The zero-order chi connectivity index (χ0) is 13.3. The van der Waals surface area contributed by atoms with Gasteiger partial charge in [-0.2, -0.15) is 4.31 Å². The van der Waals surface area contributed by atoms with Gasteiger partial charge < -0.3 is 5.73 Å². The number of halogens is 1. The van der Waals surface area contributed by atoms with Gasteiger partial charge in [0.15, 0.2) is 0 Å². The van der Waals surface area contributed by atoms with Crippen LogP contribution in [0.5, 0.6) is 0 Å². The van der Waals surface area contributed by atoms with Gasteiger partial charge in [0, 0.05) is 13.1 Å². The second kappa shape index (κ2) is 4.95. The summed E-state index contributed by atoms with van der Waals surface area (Å²) >= 11 is 0. The van der Waals surface area contributed by atoms with E-state index in [1.54, 1.807) is 6.92 Å². The average Bonchev–Trinajstić information content (AvgIpc) is 2.81. The molecule has 6 heteroatoms. The molecule has 0 radical (unpaired) electrons. The van der Waals surface area contributed by atoms with Crippen LogP contribution in [0.4, 0.5) is 4.39 Å². The number of benzene rings is 1. The molecule has 1 unspecified atom stereocenters. The first-order valence-electron chi connectivity index (χ1n) is 5.91. The SMILES string of the molecule is Cc1cc(S(=O)(=O)N2CCC(CN)C2)ccc1F. The predicted molar refractivity (Wildman–Crippen MR) is 67.1 cm³/mol. The molecule has 1 aliphatic heterocycles. The standard InChI is InChI=1S/C12H17FN2O2S/c1-9-6-11(2-3-12(9)13)18(16,17)15-5-4-10(7-14)8-15/h2-3,6,10H,4-5,7-8,14H2,1H3. The van der Waals surface area contributed by atoms with Crippen molar-refractivity contribution in [3.8, 4) is 0 Å². The quantitative estimate of drug-likeness (QED) is 0.896. The zero-order valence-corrected chi connectivity index (χ0v) is 11.1. The first-order chi connectivity index (χ1) is 8.45. The molecule has 1 heterocycles. The van der Waals surface area contributed by atoms with Crippen LogP contribution >= 0.6 is 0 Å². The summed E-state index contributed by atoms with van der Waals surface area (Å²) in [5.41, 5.74) is 5.89. The largest absolute Gasteiger partial charge is 0.330 e. The van der Waals surface area contributed by atoms with Crippen LogP contribution in [-0.4, -0.2) is 32.4 Å². The van der Waals surface area contributed by atoms with Crippen molar-refractivity contribution in [1.29, 1.82) is 0 Å². The van der Waals surface area contributed by atoms with Crippen molar-refractivity contribution in [2.24, 2.45) is 11.7 Å². The third-order valence-corrected chi connectivity index (χ3v) is 5.21. The van der Waals surface area contributed by atoms with E-state index in [0.29, 0.717) is 25.2 Å². The van der Waals surface area contributed by atoms with E-state index in [2.05, 4.69) is 0 Å². The lowest BCUT2D eigenvalue weighted by molar-refractivity contribution is 0.459. The molecule has 1 aliphatic rings. The van der Waals surface area contributed by atoms with Crippen molar-refractivity contribution in [3.05, 3.63) is 29.6 Å². The summed E-state index contributed by atoms with van der Waals surface area (Å²) < 4.78 is 39.2. The van der Waals surface area contributed by atoms with Gasteiger partial charge in [0.2, 0.25) is 10.0 Å². The lowest BCUT2D eigenvalue weighted by Crippen LogP contribution is -2.30. The Kier molecular flexibility index (Phi) is 3.70. The minimum absolute atomic E-state index is 0.152. The van der Waals surface area contributed by atoms with E-state index in [1.165, 1.54) is 22.5 Å². The molecule has 100 valence electrons. The van der Waals surface area contributed by atoms with E-state index in [-0.39, 0.29) is 10.8 Å². The molecule has 1 fully saturated rings. The Morgan fingerprint density at radius 2 is 2.22 bits per heavy atom. The zero-order valence-electron chi connectivity index (χ0n) is 10.3. The van der Waals surface area contributed by atoms with Gasteiger partial charge in [0.1, 0.15) is 5.82 Å². The van der Waals surface area contributed by atoms with Gasteiger partial charge in [-0.05, 0) is 49.6 Å². The Morgan fingerprint density at radius 3 is 2.78 bits per heavy atom. The maximum atomic E-state index is 13.2. The van der Waals surface area contributed by atoms with Gasteiger partial charge in [0.05, 0.1) is 4.90 Å². The highest BCUT2D eigenvalue weighted by Crippen LogP contribution is 2.24. The molecule has 4 nitrogen and oxygen atoms in total. The first kappa shape index (κ1) is 13.5. The Balaban J connectivity index is 2.28. The molecule has 18 heavy (non-hydrogen) atoms. The van der Waals surface area contributed by atoms with E-state index in [9.17, 15) is 12.8 Å².